The van der Waals surface area contributed by atoms with Crippen LogP contribution in [0.5, 0.6) is 0 Å². The van der Waals surface area contributed by atoms with Crippen LogP contribution in [0.1, 0.15) is 78.6 Å². The molecule has 6 aromatic rings. The van der Waals surface area contributed by atoms with E-state index in [4.69, 9.17) is 40.2 Å². The fourth-order valence-electron chi connectivity index (χ4n) is 4.09. The predicted octanol–water partition coefficient (Wildman–Crippen LogP) is 5.82. The first-order valence-electron chi connectivity index (χ1n) is 17.2. The molecule has 66 heavy (non-hydrogen) atoms. The molecule has 0 aliphatic heterocycles. The second-order valence-electron chi connectivity index (χ2n) is 11.7. The van der Waals surface area contributed by atoms with E-state index in [2.05, 4.69) is 29.9 Å². The zero-order valence-electron chi connectivity index (χ0n) is 35.2. The number of aromatic nitrogens is 6. The van der Waals surface area contributed by atoms with Crippen LogP contribution in [0.25, 0.3) is 22.8 Å². The Bertz CT molecular complexity index is 2110. The fourth-order valence-corrected chi connectivity index (χ4v) is 4.09. The van der Waals surface area contributed by atoms with E-state index in [1.165, 1.54) is 36.4 Å². The summed E-state index contributed by atoms with van der Waals surface area (Å²) in [7, 11) is 0. The van der Waals surface area contributed by atoms with E-state index in [9.17, 15) is 19.2 Å². The Morgan fingerprint density at radius 1 is 0.318 bits per heavy atom. The number of aliphatic carboxylic acids is 2. The fraction of sp³-hybridized carbons (Fsp3) is 0.143. The standard InChI is InChI=1S/2C12H12N2.2C7H5NO4.2C2H4O2.5Cu.H2O/c2*1-9-5-3-7-11(13-9)12-8-4-6-10(2)14-12;2*9-6(10)4-2-1-3-5(8-4)7(11)12;2*1-2(3)4;;;;;;/h2*3-8H,1-2H3;2*1-3H,(H,9,10)(H,11,12);2*1H3,(H,3,4);;;;;;1H2. The normalized spacial score (nSPS) is 8.45. The molecule has 0 bridgehead atoms. The molecule has 0 spiro atoms. The van der Waals surface area contributed by atoms with Gasteiger partial charge in [0.1, 0.15) is 22.8 Å². The van der Waals surface area contributed by atoms with E-state index in [1.54, 1.807) is 0 Å². The number of hydrogen-bond acceptors (Lipinski definition) is 12. The van der Waals surface area contributed by atoms with Crippen LogP contribution in [-0.2, 0) is 94.9 Å². The van der Waals surface area contributed by atoms with Crippen LogP contribution in [0, 0.1) is 27.7 Å². The third kappa shape index (κ3) is 31.2. The minimum Gasteiger partial charge on any atom is -0.481 e. The van der Waals surface area contributed by atoms with Crippen molar-refractivity contribution in [3.05, 3.63) is 155 Å². The third-order valence-electron chi connectivity index (χ3n) is 6.45. The molecular weight excluding hydrogens is 1110 g/mol. The van der Waals surface area contributed by atoms with E-state index < -0.39 is 35.8 Å². The first kappa shape index (κ1) is 71.9. The zero-order valence-corrected chi connectivity index (χ0v) is 39.9. The van der Waals surface area contributed by atoms with Crippen LogP contribution in [-0.4, -0.2) is 102 Å². The maximum atomic E-state index is 10.3. The molecule has 0 atom stereocenters. The topological polar surface area (TPSA) is 333 Å². The molecule has 6 heterocycles. The Labute approximate surface area is 432 Å². The van der Waals surface area contributed by atoms with Crippen molar-refractivity contribution < 1.29 is 150 Å². The van der Waals surface area contributed by atoms with E-state index in [0.29, 0.717) is 0 Å². The zero-order chi connectivity index (χ0) is 45.4. The maximum Gasteiger partial charge on any atom is 0.354 e. The quantitative estimate of drug-likeness (QED) is 0.107. The molecule has 0 fully saturated rings. The first-order valence-corrected chi connectivity index (χ1v) is 17.2. The minimum absolute atomic E-state index is 0. The average Bonchev–Trinajstić information content (AvgIpc) is 3.18. The molecule has 24 heteroatoms. The average molecular weight is 1160 g/mol. The van der Waals surface area contributed by atoms with Crippen molar-refractivity contribution in [1.29, 1.82) is 0 Å². The van der Waals surface area contributed by atoms with Crippen molar-refractivity contribution in [3.8, 4) is 22.8 Å². The Morgan fingerprint density at radius 3 is 0.606 bits per heavy atom. The summed E-state index contributed by atoms with van der Waals surface area (Å²) in [6.45, 7) is 10.1. The second kappa shape index (κ2) is 38.5. The van der Waals surface area contributed by atoms with Gasteiger partial charge in [-0.1, -0.05) is 36.4 Å². The number of nitrogens with zero attached hydrogens (tertiary/aromatic N) is 6. The molecule has 0 aliphatic rings. The van der Waals surface area contributed by atoms with Crippen LogP contribution in [0.3, 0.4) is 0 Å². The van der Waals surface area contributed by atoms with Crippen molar-refractivity contribution in [2.24, 2.45) is 0 Å². The summed E-state index contributed by atoms with van der Waals surface area (Å²) in [5, 5.41) is 48.6. The number of aryl methyl sites for hydroxylation is 4. The predicted molar refractivity (Wildman–Crippen MR) is 220 cm³/mol. The molecule has 0 unspecified atom stereocenters. The van der Waals surface area contributed by atoms with Crippen LogP contribution >= 0.6 is 0 Å². The van der Waals surface area contributed by atoms with Gasteiger partial charge in [-0.3, -0.25) is 29.5 Å². The molecule has 0 amide bonds. The van der Waals surface area contributed by atoms with Crippen molar-refractivity contribution in [1.82, 2.24) is 29.9 Å². The molecule has 6 aromatic heterocycles. The Kier molecular flexibility index (Phi) is 42.0. The van der Waals surface area contributed by atoms with E-state index in [-0.39, 0.29) is 114 Å². The van der Waals surface area contributed by atoms with Gasteiger partial charge in [0.2, 0.25) is 0 Å². The van der Waals surface area contributed by atoms with Gasteiger partial charge in [-0.25, -0.2) is 29.1 Å². The number of hydrogen-bond donors (Lipinski definition) is 6. The summed E-state index contributed by atoms with van der Waals surface area (Å²) in [5.74, 6) is -6.62. The molecule has 19 nitrogen and oxygen atoms in total. The smallest absolute Gasteiger partial charge is 0.354 e. The molecule has 375 valence electrons. The van der Waals surface area contributed by atoms with Gasteiger partial charge in [0.25, 0.3) is 11.9 Å². The maximum absolute atomic E-state index is 10.3. The molecule has 0 saturated carbocycles. The second-order valence-corrected chi connectivity index (χ2v) is 11.7. The minimum atomic E-state index is -1.24. The first-order chi connectivity index (χ1) is 28.2. The molecular formula is C42H44Cu5N6O13. The number of pyridine rings is 6. The van der Waals surface area contributed by atoms with Crippen molar-refractivity contribution in [2.75, 3.05) is 0 Å². The van der Waals surface area contributed by atoms with Crippen molar-refractivity contribution >= 4 is 35.8 Å². The van der Waals surface area contributed by atoms with Gasteiger partial charge < -0.3 is 36.1 Å². The van der Waals surface area contributed by atoms with Crippen molar-refractivity contribution in [3.63, 3.8) is 0 Å². The van der Waals surface area contributed by atoms with E-state index in [1.807, 2.05) is 100 Å². The number of rotatable bonds is 6. The van der Waals surface area contributed by atoms with Crippen LogP contribution in [0.4, 0.5) is 0 Å². The van der Waals surface area contributed by atoms with E-state index in [0.717, 1.165) is 59.4 Å². The molecule has 0 aliphatic carbocycles. The summed E-state index contributed by atoms with van der Waals surface area (Å²) in [6.07, 6.45) is 0. The molecule has 0 aromatic carbocycles. The summed E-state index contributed by atoms with van der Waals surface area (Å²) < 4.78 is 0. The molecule has 0 saturated heterocycles. The summed E-state index contributed by atoms with van der Waals surface area (Å²) in [5.41, 5.74) is 6.76. The summed E-state index contributed by atoms with van der Waals surface area (Å²) >= 11 is 0. The summed E-state index contributed by atoms with van der Waals surface area (Å²) in [6, 6.07) is 31.5. The van der Waals surface area contributed by atoms with Gasteiger partial charge in [0.05, 0.1) is 22.8 Å². The Morgan fingerprint density at radius 2 is 0.470 bits per heavy atom. The number of aromatic carboxylic acids is 4. The summed E-state index contributed by atoms with van der Waals surface area (Å²) in [4.78, 5) is 83.7. The Balaban J connectivity index is -0.000000168. The van der Waals surface area contributed by atoms with Gasteiger partial charge in [-0.15, -0.1) is 0 Å². The molecule has 5 radical (unpaired) electrons. The van der Waals surface area contributed by atoms with Gasteiger partial charge in [0, 0.05) is 122 Å². The van der Waals surface area contributed by atoms with Gasteiger partial charge >= 0.3 is 23.9 Å². The van der Waals surface area contributed by atoms with Gasteiger partial charge in [-0.2, -0.15) is 0 Å². The third-order valence-corrected chi connectivity index (χ3v) is 6.45. The van der Waals surface area contributed by atoms with Gasteiger partial charge in [-0.05, 0) is 100 Å². The van der Waals surface area contributed by atoms with Crippen LogP contribution < -0.4 is 0 Å². The molecule has 6 rings (SSSR count). The van der Waals surface area contributed by atoms with E-state index >= 15 is 0 Å². The van der Waals surface area contributed by atoms with Crippen LogP contribution in [0.2, 0.25) is 0 Å². The monoisotopic (exact) mass is 1150 g/mol. The SMILES string of the molecule is CC(=O)O.CC(=O)O.Cc1cccc(-c2cccc(C)n2)n1.Cc1cccc(-c2cccc(C)n2)n1.O.O=C(O)c1cccc(C(=O)O)n1.O=C(O)c1cccc(C(=O)O)n1.[Cu].[Cu].[Cu].[Cu].[Cu]. The number of carbonyl (C=O) groups is 6. The van der Waals surface area contributed by atoms with Crippen molar-refractivity contribution in [2.45, 2.75) is 41.5 Å². The number of carboxylic acid groups (broad SMARTS) is 6. The van der Waals surface area contributed by atoms with Crippen LogP contribution in [0.15, 0.2) is 109 Å². The Hall–Kier alpha value is -5.72. The molecule has 8 N–H and O–H groups in total. The van der Waals surface area contributed by atoms with Gasteiger partial charge in [0.15, 0.2) is 0 Å². The number of carboxylic acids is 6. The largest absolute Gasteiger partial charge is 0.481 e.